The number of amides is 1. The van der Waals surface area contributed by atoms with Gasteiger partial charge in [-0.1, -0.05) is 39.0 Å². The Hall–Kier alpha value is -1.33. The molecule has 0 fully saturated rings. The molecule has 0 saturated heterocycles. The Bertz CT molecular complexity index is 385. The molecule has 3 N–H and O–H groups in total. The van der Waals surface area contributed by atoms with Crippen molar-refractivity contribution in [3.8, 4) is 0 Å². The summed E-state index contributed by atoms with van der Waals surface area (Å²) < 4.78 is 0. The molecule has 5 heteroatoms. The lowest BCUT2D eigenvalue weighted by atomic mass is 9.79. The summed E-state index contributed by atoms with van der Waals surface area (Å²) in [5.74, 6) is -0.166. The van der Waals surface area contributed by atoms with Crippen molar-refractivity contribution >= 4 is 24.2 Å². The fourth-order valence-corrected chi connectivity index (χ4v) is 1.15. The number of hydrogen-bond acceptors (Lipinski definition) is 3. The molecule has 1 aromatic carbocycles. The number of benzene rings is 1. The van der Waals surface area contributed by atoms with Gasteiger partial charge in [-0.25, -0.2) is 0 Å². The van der Waals surface area contributed by atoms with Gasteiger partial charge in [0.25, 0.3) is 0 Å². The monoisotopic (exact) mass is 221 g/mol. The average molecular weight is 221 g/mol. The zero-order valence-electron chi connectivity index (χ0n) is 9.69. The molecule has 16 heavy (non-hydrogen) atoms. The first-order valence-electron chi connectivity index (χ1n) is 5.09. The van der Waals surface area contributed by atoms with E-state index in [0.29, 0.717) is 11.2 Å². The van der Waals surface area contributed by atoms with Crippen molar-refractivity contribution in [1.82, 2.24) is 0 Å². The maximum absolute atomic E-state index is 11.7. The lowest BCUT2D eigenvalue weighted by Crippen LogP contribution is -2.36. The molecular weight excluding hydrogens is 205 g/mol. The first kappa shape index (κ1) is 12.7. The smallest absolute Gasteiger partial charge is 0.423 e. The third-order valence-electron chi connectivity index (χ3n) is 2.17. The van der Waals surface area contributed by atoms with Gasteiger partial charge in [0.15, 0.2) is 0 Å². The number of anilines is 1. The number of carbonyl (C=O) groups excluding carboxylic acids is 1. The van der Waals surface area contributed by atoms with Crippen LogP contribution < -0.4 is 10.8 Å². The van der Waals surface area contributed by atoms with Crippen LogP contribution in [0, 0.1) is 5.41 Å². The second kappa shape index (κ2) is 4.68. The van der Waals surface area contributed by atoms with Crippen molar-refractivity contribution in [3.05, 3.63) is 24.3 Å². The highest BCUT2D eigenvalue weighted by atomic mass is 16.4. The molecule has 1 amide bonds. The highest BCUT2D eigenvalue weighted by Gasteiger charge is 2.23. The minimum atomic E-state index is -1.59. The molecule has 0 aliphatic carbocycles. The van der Waals surface area contributed by atoms with E-state index in [9.17, 15) is 4.79 Å². The van der Waals surface area contributed by atoms with Crippen molar-refractivity contribution in [2.75, 3.05) is 5.32 Å². The Kier molecular flexibility index (Phi) is 3.72. The summed E-state index contributed by atoms with van der Waals surface area (Å²) in [6, 6.07) is 6.60. The molecule has 0 unspecified atom stereocenters. The van der Waals surface area contributed by atoms with Crippen molar-refractivity contribution in [1.29, 1.82) is 0 Å². The molecule has 0 bridgehead atoms. The van der Waals surface area contributed by atoms with Gasteiger partial charge in [-0.15, -0.1) is 0 Å². The van der Waals surface area contributed by atoms with Crippen molar-refractivity contribution in [2.24, 2.45) is 5.41 Å². The zero-order chi connectivity index (χ0) is 12.3. The molecule has 0 atom stereocenters. The third kappa shape index (κ3) is 3.08. The van der Waals surface area contributed by atoms with Crippen LogP contribution in [0.5, 0.6) is 0 Å². The van der Waals surface area contributed by atoms with Crippen LogP contribution in [-0.4, -0.2) is 23.1 Å². The molecule has 0 heterocycles. The molecule has 0 saturated carbocycles. The van der Waals surface area contributed by atoms with E-state index in [2.05, 4.69) is 5.32 Å². The van der Waals surface area contributed by atoms with E-state index in [1.807, 2.05) is 0 Å². The van der Waals surface area contributed by atoms with Crippen molar-refractivity contribution in [3.63, 3.8) is 0 Å². The van der Waals surface area contributed by atoms with E-state index < -0.39 is 12.5 Å². The lowest BCUT2D eigenvalue weighted by molar-refractivity contribution is -0.123. The predicted molar refractivity (Wildman–Crippen MR) is 64.4 cm³/mol. The van der Waals surface area contributed by atoms with Gasteiger partial charge < -0.3 is 15.4 Å². The molecule has 0 spiro atoms. The fraction of sp³-hybridized carbons (Fsp3) is 0.364. The summed E-state index contributed by atoms with van der Waals surface area (Å²) in [6.45, 7) is 5.38. The summed E-state index contributed by atoms with van der Waals surface area (Å²) in [5, 5.41) is 20.9. The van der Waals surface area contributed by atoms with E-state index in [0.717, 1.165) is 0 Å². The first-order chi connectivity index (χ1) is 7.32. The summed E-state index contributed by atoms with van der Waals surface area (Å²) in [6.07, 6.45) is 0. The van der Waals surface area contributed by atoms with Crippen LogP contribution in [0.15, 0.2) is 24.3 Å². The van der Waals surface area contributed by atoms with Gasteiger partial charge >= 0.3 is 7.12 Å². The minimum absolute atomic E-state index is 0.166. The Labute approximate surface area is 95.4 Å². The van der Waals surface area contributed by atoms with Crippen LogP contribution in [0.1, 0.15) is 20.8 Å². The van der Waals surface area contributed by atoms with Crippen molar-refractivity contribution in [2.45, 2.75) is 20.8 Å². The average Bonchev–Trinajstić information content (AvgIpc) is 2.16. The number of nitrogens with one attached hydrogen (secondary N) is 1. The molecule has 0 radical (unpaired) electrons. The van der Waals surface area contributed by atoms with Gasteiger partial charge in [-0.3, -0.25) is 4.79 Å². The quantitative estimate of drug-likeness (QED) is 0.631. The molecule has 4 nitrogen and oxygen atoms in total. The van der Waals surface area contributed by atoms with Crippen molar-refractivity contribution < 1.29 is 14.8 Å². The summed E-state index contributed by atoms with van der Waals surface area (Å²) in [7, 11) is -1.59. The van der Waals surface area contributed by atoms with Crippen LogP contribution >= 0.6 is 0 Å². The van der Waals surface area contributed by atoms with Crippen LogP contribution in [-0.2, 0) is 4.79 Å². The minimum Gasteiger partial charge on any atom is -0.423 e. The van der Waals surface area contributed by atoms with Gasteiger partial charge in [0.05, 0.1) is 0 Å². The highest BCUT2D eigenvalue weighted by Crippen LogP contribution is 2.16. The summed E-state index contributed by atoms with van der Waals surface area (Å²) in [4.78, 5) is 11.7. The van der Waals surface area contributed by atoms with E-state index in [1.54, 1.807) is 45.0 Å². The molecular formula is C11H16BNO3. The molecule has 1 rings (SSSR count). The second-order valence-corrected chi connectivity index (χ2v) is 4.67. The molecule has 0 aliphatic heterocycles. The maximum Gasteiger partial charge on any atom is 0.490 e. The molecule has 86 valence electrons. The van der Waals surface area contributed by atoms with Crippen LogP contribution in [0.2, 0.25) is 0 Å². The Morgan fingerprint density at radius 3 is 2.31 bits per heavy atom. The summed E-state index contributed by atoms with van der Waals surface area (Å²) in [5.41, 5.74) is 0.200. The number of rotatable bonds is 2. The predicted octanol–water partition coefficient (Wildman–Crippen LogP) is 0.351. The van der Waals surface area contributed by atoms with Gasteiger partial charge in [0.2, 0.25) is 5.91 Å². The molecule has 1 aromatic rings. The SMILES string of the molecule is CC(C)(C)C(=O)Nc1ccccc1B(O)O. The van der Waals surface area contributed by atoms with Gasteiger partial charge in [0.1, 0.15) is 0 Å². The van der Waals surface area contributed by atoms with Gasteiger partial charge in [0, 0.05) is 16.6 Å². The number of hydrogen-bond donors (Lipinski definition) is 3. The zero-order valence-corrected chi connectivity index (χ0v) is 9.69. The molecule has 0 aliphatic rings. The van der Waals surface area contributed by atoms with E-state index >= 15 is 0 Å². The van der Waals surface area contributed by atoms with Gasteiger partial charge in [-0.05, 0) is 6.07 Å². The van der Waals surface area contributed by atoms with Crippen LogP contribution in [0.4, 0.5) is 5.69 Å². The van der Waals surface area contributed by atoms with E-state index in [1.165, 1.54) is 0 Å². The maximum atomic E-state index is 11.7. The Morgan fingerprint density at radius 1 is 1.25 bits per heavy atom. The van der Waals surface area contributed by atoms with Crippen LogP contribution in [0.25, 0.3) is 0 Å². The highest BCUT2D eigenvalue weighted by molar-refractivity contribution is 6.60. The standard InChI is InChI=1S/C11H16BNO3/c1-11(2,3)10(14)13-9-7-5-4-6-8(9)12(15)16/h4-7,15-16H,1-3H3,(H,13,14). The Morgan fingerprint density at radius 2 is 1.81 bits per heavy atom. The first-order valence-corrected chi connectivity index (χ1v) is 5.09. The van der Waals surface area contributed by atoms with Crippen LogP contribution in [0.3, 0.4) is 0 Å². The topological polar surface area (TPSA) is 69.6 Å². The third-order valence-corrected chi connectivity index (χ3v) is 2.17. The fourth-order valence-electron chi connectivity index (χ4n) is 1.15. The number of para-hydroxylation sites is 1. The number of carbonyl (C=O) groups is 1. The second-order valence-electron chi connectivity index (χ2n) is 4.67. The van der Waals surface area contributed by atoms with Gasteiger partial charge in [-0.2, -0.15) is 0 Å². The largest absolute Gasteiger partial charge is 0.490 e. The lowest BCUT2D eigenvalue weighted by Gasteiger charge is -2.19. The van der Waals surface area contributed by atoms with E-state index in [4.69, 9.17) is 10.0 Å². The summed E-state index contributed by atoms with van der Waals surface area (Å²) >= 11 is 0. The normalized spacial score (nSPS) is 11.1. The molecule has 0 aromatic heterocycles. The van der Waals surface area contributed by atoms with E-state index in [-0.39, 0.29) is 5.91 Å². The Balaban J connectivity index is 2.94.